The summed E-state index contributed by atoms with van der Waals surface area (Å²) in [6.45, 7) is 0.786. The summed E-state index contributed by atoms with van der Waals surface area (Å²) in [6.07, 6.45) is 0.178. The first-order valence-electron chi connectivity index (χ1n) is 4.47. The van der Waals surface area contributed by atoms with Gasteiger partial charge in [-0.25, -0.2) is 0 Å². The van der Waals surface area contributed by atoms with Crippen LogP contribution in [0.2, 0.25) is 0 Å². The molecule has 1 fully saturated rings. The SMILES string of the molecule is C=CCN1C(F)(F)C(F)(F)C(F)(F)C(F)(F)C1(F)F. The third-order valence-electron chi connectivity index (χ3n) is 2.53. The molecule has 1 rings (SSSR count). The van der Waals surface area contributed by atoms with Crippen LogP contribution in [0.3, 0.4) is 0 Å². The molecule has 0 saturated carbocycles. The lowest BCUT2D eigenvalue weighted by Gasteiger charge is -2.51. The van der Waals surface area contributed by atoms with Gasteiger partial charge in [0.05, 0.1) is 0 Å². The number of alkyl halides is 10. The van der Waals surface area contributed by atoms with Crippen molar-refractivity contribution in [2.24, 2.45) is 0 Å². The molecule has 0 amide bonds. The number of rotatable bonds is 2. The third-order valence-corrected chi connectivity index (χ3v) is 2.53. The van der Waals surface area contributed by atoms with E-state index in [9.17, 15) is 43.9 Å². The summed E-state index contributed by atoms with van der Waals surface area (Å²) >= 11 is 0. The lowest BCUT2D eigenvalue weighted by molar-refractivity contribution is -0.504. The molecule has 1 aliphatic rings. The molecule has 0 radical (unpaired) electrons. The molecule has 0 spiro atoms. The third kappa shape index (κ3) is 1.53. The van der Waals surface area contributed by atoms with E-state index in [-0.39, 0.29) is 6.08 Å². The molecule has 0 aromatic rings. The van der Waals surface area contributed by atoms with Gasteiger partial charge in [-0.3, -0.25) is 0 Å². The zero-order valence-electron chi connectivity index (χ0n) is 8.72. The fourth-order valence-electron chi connectivity index (χ4n) is 1.45. The Bertz CT molecular complexity index is 357. The van der Waals surface area contributed by atoms with Crippen molar-refractivity contribution in [3.63, 3.8) is 0 Å². The van der Waals surface area contributed by atoms with Gasteiger partial charge in [0, 0.05) is 6.54 Å². The molecule has 1 nitrogen and oxygen atoms in total. The highest BCUT2D eigenvalue weighted by Crippen LogP contribution is 2.64. The highest BCUT2D eigenvalue weighted by atomic mass is 19.4. The van der Waals surface area contributed by atoms with Gasteiger partial charge >= 0.3 is 29.9 Å². The minimum atomic E-state index is -6.93. The molecule has 0 atom stereocenters. The lowest BCUT2D eigenvalue weighted by Crippen LogP contribution is -2.81. The average Bonchev–Trinajstić information content (AvgIpc) is 2.22. The maximum Gasteiger partial charge on any atom is 0.393 e. The van der Waals surface area contributed by atoms with Crippen LogP contribution in [0.15, 0.2) is 12.7 Å². The van der Waals surface area contributed by atoms with E-state index in [1.165, 1.54) is 0 Å². The van der Waals surface area contributed by atoms with E-state index in [0.717, 1.165) is 0 Å². The van der Waals surface area contributed by atoms with Crippen molar-refractivity contribution in [2.45, 2.75) is 29.9 Å². The summed E-state index contributed by atoms with van der Waals surface area (Å²) in [6, 6.07) is -12.4. The van der Waals surface area contributed by atoms with E-state index in [1.807, 2.05) is 0 Å². The standard InChI is InChI=1S/C8H5F10N/c1-2-3-19-7(15,16)5(11,12)4(9,10)6(13,14)8(19,17)18/h2H,1,3H2. The molecule has 1 aliphatic heterocycles. The number of hydrogen-bond donors (Lipinski definition) is 0. The van der Waals surface area contributed by atoms with E-state index in [0.29, 0.717) is 0 Å². The Morgan fingerprint density at radius 1 is 0.684 bits per heavy atom. The maximum absolute atomic E-state index is 13.0. The van der Waals surface area contributed by atoms with Crippen LogP contribution in [0.25, 0.3) is 0 Å². The quantitative estimate of drug-likeness (QED) is 0.428. The number of hydrogen-bond acceptors (Lipinski definition) is 1. The Morgan fingerprint density at radius 3 is 1.26 bits per heavy atom. The van der Waals surface area contributed by atoms with Crippen LogP contribution in [0.4, 0.5) is 43.9 Å². The zero-order chi connectivity index (χ0) is 15.5. The van der Waals surface area contributed by atoms with Crippen molar-refractivity contribution in [1.29, 1.82) is 0 Å². The second-order valence-corrected chi connectivity index (χ2v) is 3.70. The van der Waals surface area contributed by atoms with Crippen LogP contribution in [0.5, 0.6) is 0 Å². The van der Waals surface area contributed by atoms with E-state index < -0.39 is 41.3 Å². The van der Waals surface area contributed by atoms with E-state index in [2.05, 4.69) is 6.58 Å². The van der Waals surface area contributed by atoms with Gasteiger partial charge < -0.3 is 0 Å². The molecular weight excluding hydrogens is 300 g/mol. The fraction of sp³-hybridized carbons (Fsp3) is 0.750. The van der Waals surface area contributed by atoms with Gasteiger partial charge in [0.15, 0.2) is 0 Å². The summed E-state index contributed by atoms with van der Waals surface area (Å²) in [5, 5.41) is 0. The molecule has 0 unspecified atom stereocenters. The first-order chi connectivity index (χ1) is 8.19. The molecule has 0 bridgehead atoms. The van der Waals surface area contributed by atoms with Crippen LogP contribution in [-0.2, 0) is 0 Å². The molecule has 0 aromatic heterocycles. The Hall–Kier alpha value is -1.00. The van der Waals surface area contributed by atoms with Gasteiger partial charge in [-0.05, 0) is 0 Å². The second kappa shape index (κ2) is 3.76. The van der Waals surface area contributed by atoms with Crippen LogP contribution >= 0.6 is 0 Å². The van der Waals surface area contributed by atoms with Gasteiger partial charge in [-0.2, -0.15) is 48.8 Å². The predicted octanol–water partition coefficient (Wildman–Crippen LogP) is 3.58. The normalized spacial score (nSPS) is 30.8. The van der Waals surface area contributed by atoms with Crippen molar-refractivity contribution >= 4 is 0 Å². The predicted molar refractivity (Wildman–Crippen MR) is 41.6 cm³/mol. The molecule has 1 saturated heterocycles. The van der Waals surface area contributed by atoms with E-state index >= 15 is 0 Å². The van der Waals surface area contributed by atoms with Gasteiger partial charge in [-0.15, -0.1) is 6.58 Å². The summed E-state index contributed by atoms with van der Waals surface area (Å²) in [7, 11) is 0. The highest BCUT2D eigenvalue weighted by Gasteiger charge is 2.94. The molecule has 19 heavy (non-hydrogen) atoms. The van der Waals surface area contributed by atoms with Crippen LogP contribution in [-0.4, -0.2) is 41.3 Å². The van der Waals surface area contributed by atoms with Crippen molar-refractivity contribution < 1.29 is 43.9 Å². The number of likely N-dealkylation sites (tertiary alicyclic amines) is 1. The summed E-state index contributed by atoms with van der Waals surface area (Å²) in [5.74, 6) is -20.3. The number of piperidine rings is 1. The van der Waals surface area contributed by atoms with Gasteiger partial charge in [-0.1, -0.05) is 6.08 Å². The number of nitrogens with zero attached hydrogens (tertiary/aromatic N) is 1. The first-order valence-corrected chi connectivity index (χ1v) is 4.47. The Balaban J connectivity index is 3.59. The molecule has 112 valence electrons. The molecule has 0 aromatic carbocycles. The van der Waals surface area contributed by atoms with Gasteiger partial charge in [0.1, 0.15) is 0 Å². The zero-order valence-corrected chi connectivity index (χ0v) is 8.72. The summed E-state index contributed by atoms with van der Waals surface area (Å²) in [5.41, 5.74) is 0. The van der Waals surface area contributed by atoms with Crippen molar-refractivity contribution in [3.05, 3.63) is 12.7 Å². The molecule has 0 aliphatic carbocycles. The highest BCUT2D eigenvalue weighted by molar-refractivity contribution is 5.15. The Kier molecular flexibility index (Phi) is 3.18. The Labute approximate surface area is 99.0 Å². The maximum atomic E-state index is 13.0. The minimum absolute atomic E-state index is 0.178. The average molecular weight is 305 g/mol. The Morgan fingerprint density at radius 2 is 1.00 bits per heavy atom. The smallest absolute Gasteiger partial charge is 0.192 e. The molecular formula is C8H5F10N. The molecule has 1 heterocycles. The number of halogens is 10. The fourth-order valence-corrected chi connectivity index (χ4v) is 1.45. The lowest BCUT2D eigenvalue weighted by atomic mass is 9.93. The van der Waals surface area contributed by atoms with Crippen LogP contribution in [0, 0.1) is 0 Å². The van der Waals surface area contributed by atoms with Crippen LogP contribution in [0.1, 0.15) is 0 Å². The monoisotopic (exact) mass is 305 g/mol. The molecule has 0 N–H and O–H groups in total. The van der Waals surface area contributed by atoms with Crippen molar-refractivity contribution in [3.8, 4) is 0 Å². The van der Waals surface area contributed by atoms with E-state index in [1.54, 1.807) is 0 Å². The van der Waals surface area contributed by atoms with Crippen LogP contribution < -0.4 is 0 Å². The minimum Gasteiger partial charge on any atom is -0.192 e. The second-order valence-electron chi connectivity index (χ2n) is 3.70. The van der Waals surface area contributed by atoms with Gasteiger partial charge in [0.25, 0.3) is 0 Å². The first kappa shape index (κ1) is 16.1. The summed E-state index contributed by atoms with van der Waals surface area (Å²) < 4.78 is 128. The van der Waals surface area contributed by atoms with Gasteiger partial charge in [0.2, 0.25) is 0 Å². The largest absolute Gasteiger partial charge is 0.393 e. The van der Waals surface area contributed by atoms with Crippen molar-refractivity contribution in [2.75, 3.05) is 6.54 Å². The van der Waals surface area contributed by atoms with Crippen molar-refractivity contribution in [1.82, 2.24) is 4.90 Å². The summed E-state index contributed by atoms with van der Waals surface area (Å²) in [4.78, 5) is -2.00. The van der Waals surface area contributed by atoms with E-state index in [4.69, 9.17) is 0 Å². The topological polar surface area (TPSA) is 3.24 Å². The molecule has 11 heteroatoms.